The molecule has 0 unspecified atom stereocenters. The van der Waals surface area contributed by atoms with Crippen molar-refractivity contribution in [3.05, 3.63) is 29.6 Å². The number of aliphatic hydroxyl groups excluding tert-OH is 2. The summed E-state index contributed by atoms with van der Waals surface area (Å²) in [6, 6.07) is 3.66. The zero-order valence-electron chi connectivity index (χ0n) is 9.15. The van der Waals surface area contributed by atoms with Crippen molar-refractivity contribution in [3.8, 4) is 5.75 Å². The molecule has 1 heterocycles. The van der Waals surface area contributed by atoms with Gasteiger partial charge in [-0.1, -0.05) is 0 Å². The Balaban J connectivity index is 2.52. The number of fused-ring (bicyclic) bond motifs is 1. The number of carbonyl (C=O) groups excluding carboxylic acids is 1. The third-order valence-corrected chi connectivity index (χ3v) is 3.11. The molecule has 5 heteroatoms. The Bertz CT molecular complexity index is 440. The van der Waals surface area contributed by atoms with Gasteiger partial charge in [0, 0.05) is 0 Å². The van der Waals surface area contributed by atoms with Crippen molar-refractivity contribution >= 4 is 5.78 Å². The average Bonchev–Trinajstić information content (AvgIpc) is 2.48. The van der Waals surface area contributed by atoms with E-state index in [1.807, 2.05) is 0 Å². The van der Waals surface area contributed by atoms with Gasteiger partial charge in [0.05, 0.1) is 30.8 Å². The van der Waals surface area contributed by atoms with Crippen LogP contribution in [0.3, 0.4) is 0 Å². The van der Waals surface area contributed by atoms with E-state index in [0.717, 1.165) is 6.07 Å². The molecule has 92 valence electrons. The third-order valence-electron chi connectivity index (χ3n) is 3.11. The van der Waals surface area contributed by atoms with Gasteiger partial charge < -0.3 is 14.9 Å². The first kappa shape index (κ1) is 12.0. The molecule has 0 saturated heterocycles. The molecular weight excluding hydrogens is 227 g/mol. The van der Waals surface area contributed by atoms with Crippen LogP contribution in [0, 0.1) is 11.2 Å². The standard InChI is InChI=1S/C12H13FO4/c13-8-1-2-10-9(5-8)11(16)12(6-14,7-15)3-4-17-10/h1-2,5,14-15H,3-4,6-7H2. The minimum absolute atomic E-state index is 0.0746. The van der Waals surface area contributed by atoms with Crippen LogP contribution in [0.2, 0.25) is 0 Å². The van der Waals surface area contributed by atoms with Crippen molar-refractivity contribution in [2.24, 2.45) is 5.41 Å². The summed E-state index contributed by atoms with van der Waals surface area (Å²) >= 11 is 0. The Hall–Kier alpha value is -1.46. The van der Waals surface area contributed by atoms with Gasteiger partial charge in [0.15, 0.2) is 5.78 Å². The fourth-order valence-corrected chi connectivity index (χ4v) is 1.91. The number of carbonyl (C=O) groups is 1. The smallest absolute Gasteiger partial charge is 0.177 e. The van der Waals surface area contributed by atoms with E-state index in [-0.39, 0.29) is 18.6 Å². The highest BCUT2D eigenvalue weighted by Crippen LogP contribution is 2.34. The first-order valence-corrected chi connectivity index (χ1v) is 5.32. The minimum atomic E-state index is -1.28. The Kier molecular flexibility index (Phi) is 3.13. The van der Waals surface area contributed by atoms with Crippen LogP contribution >= 0.6 is 0 Å². The second-order valence-corrected chi connectivity index (χ2v) is 4.16. The van der Waals surface area contributed by atoms with Crippen molar-refractivity contribution in [2.45, 2.75) is 6.42 Å². The quantitative estimate of drug-likeness (QED) is 0.801. The number of ketones is 1. The molecule has 0 aromatic heterocycles. The van der Waals surface area contributed by atoms with E-state index in [9.17, 15) is 19.4 Å². The van der Waals surface area contributed by atoms with Gasteiger partial charge in [0.25, 0.3) is 0 Å². The summed E-state index contributed by atoms with van der Waals surface area (Å²) in [6.45, 7) is -0.769. The van der Waals surface area contributed by atoms with Crippen LogP contribution in [0.5, 0.6) is 5.75 Å². The summed E-state index contributed by atoms with van der Waals surface area (Å²) in [4.78, 5) is 12.2. The van der Waals surface area contributed by atoms with Crippen LogP contribution in [-0.4, -0.2) is 35.8 Å². The molecule has 2 N–H and O–H groups in total. The lowest BCUT2D eigenvalue weighted by molar-refractivity contribution is 0.0345. The highest BCUT2D eigenvalue weighted by molar-refractivity contribution is 6.03. The van der Waals surface area contributed by atoms with Gasteiger partial charge in [-0.05, 0) is 24.6 Å². The third kappa shape index (κ3) is 1.92. The number of halogens is 1. The highest BCUT2D eigenvalue weighted by atomic mass is 19.1. The lowest BCUT2D eigenvalue weighted by Crippen LogP contribution is -2.38. The van der Waals surface area contributed by atoms with Crippen LogP contribution in [0.15, 0.2) is 18.2 Å². The van der Waals surface area contributed by atoms with Crippen molar-refractivity contribution in [3.63, 3.8) is 0 Å². The molecule has 0 amide bonds. The number of hydrogen-bond acceptors (Lipinski definition) is 4. The summed E-state index contributed by atoms with van der Waals surface area (Å²) in [5.41, 5.74) is -1.20. The zero-order valence-corrected chi connectivity index (χ0v) is 9.15. The minimum Gasteiger partial charge on any atom is -0.493 e. The van der Waals surface area contributed by atoms with Crippen molar-refractivity contribution in [1.82, 2.24) is 0 Å². The molecule has 0 atom stereocenters. The van der Waals surface area contributed by atoms with Crippen LogP contribution < -0.4 is 4.74 Å². The molecule has 0 bridgehead atoms. The second kappa shape index (κ2) is 4.43. The van der Waals surface area contributed by atoms with E-state index in [4.69, 9.17) is 4.74 Å². The summed E-state index contributed by atoms with van der Waals surface area (Å²) in [6.07, 6.45) is 0.204. The molecule has 1 aromatic rings. The second-order valence-electron chi connectivity index (χ2n) is 4.16. The zero-order chi connectivity index (χ0) is 12.5. The molecule has 1 aromatic carbocycles. The van der Waals surface area contributed by atoms with Crippen molar-refractivity contribution < 1.29 is 24.1 Å². The first-order chi connectivity index (χ1) is 8.13. The maximum absolute atomic E-state index is 13.1. The predicted octanol–water partition coefficient (Wildman–Crippen LogP) is 0.762. The Labute approximate surface area is 97.6 Å². The Morgan fingerprint density at radius 2 is 2.06 bits per heavy atom. The summed E-state index contributed by atoms with van der Waals surface area (Å²) in [7, 11) is 0. The van der Waals surface area contributed by atoms with E-state index in [2.05, 4.69) is 0 Å². The Morgan fingerprint density at radius 1 is 1.35 bits per heavy atom. The molecule has 17 heavy (non-hydrogen) atoms. The maximum atomic E-state index is 13.1. The topological polar surface area (TPSA) is 66.8 Å². The molecule has 2 rings (SSSR count). The van der Waals surface area contributed by atoms with E-state index in [1.165, 1.54) is 12.1 Å². The van der Waals surface area contributed by atoms with Gasteiger partial charge in [-0.25, -0.2) is 4.39 Å². The summed E-state index contributed by atoms with van der Waals surface area (Å²) < 4.78 is 18.5. The van der Waals surface area contributed by atoms with E-state index in [0.29, 0.717) is 5.75 Å². The van der Waals surface area contributed by atoms with Gasteiger partial charge in [0.2, 0.25) is 0 Å². The average molecular weight is 240 g/mol. The fraction of sp³-hybridized carbons (Fsp3) is 0.417. The van der Waals surface area contributed by atoms with E-state index < -0.39 is 30.2 Å². The molecule has 0 aliphatic carbocycles. The number of benzene rings is 1. The van der Waals surface area contributed by atoms with Gasteiger partial charge in [-0.2, -0.15) is 0 Å². The highest BCUT2D eigenvalue weighted by Gasteiger charge is 2.41. The van der Waals surface area contributed by atoms with Crippen molar-refractivity contribution in [1.29, 1.82) is 0 Å². The van der Waals surface area contributed by atoms with Crippen LogP contribution in [-0.2, 0) is 0 Å². The number of ether oxygens (including phenoxy) is 1. The number of aliphatic hydroxyl groups is 2. The molecule has 0 saturated carbocycles. The lowest BCUT2D eigenvalue weighted by Gasteiger charge is -2.25. The largest absolute Gasteiger partial charge is 0.493 e. The maximum Gasteiger partial charge on any atom is 0.177 e. The Morgan fingerprint density at radius 3 is 2.71 bits per heavy atom. The predicted molar refractivity (Wildman–Crippen MR) is 57.4 cm³/mol. The molecule has 0 radical (unpaired) electrons. The fourth-order valence-electron chi connectivity index (χ4n) is 1.91. The van der Waals surface area contributed by atoms with Gasteiger partial charge in [0.1, 0.15) is 11.6 Å². The molecule has 0 spiro atoms. The van der Waals surface area contributed by atoms with Gasteiger partial charge >= 0.3 is 0 Å². The van der Waals surface area contributed by atoms with Crippen LogP contribution in [0.1, 0.15) is 16.8 Å². The lowest BCUT2D eigenvalue weighted by atomic mass is 9.79. The van der Waals surface area contributed by atoms with E-state index >= 15 is 0 Å². The SMILES string of the molecule is O=C1c2cc(F)ccc2OCCC1(CO)CO. The normalized spacial score (nSPS) is 18.2. The summed E-state index contributed by atoms with van der Waals surface area (Å²) in [5.74, 6) is -0.734. The van der Waals surface area contributed by atoms with Crippen LogP contribution in [0.25, 0.3) is 0 Å². The number of hydrogen-bond donors (Lipinski definition) is 2. The molecule has 0 fully saturated rings. The number of rotatable bonds is 2. The summed E-state index contributed by atoms with van der Waals surface area (Å²) in [5, 5.41) is 18.6. The first-order valence-electron chi connectivity index (χ1n) is 5.32. The monoisotopic (exact) mass is 240 g/mol. The molecule has 1 aliphatic rings. The van der Waals surface area contributed by atoms with Crippen LogP contribution in [0.4, 0.5) is 4.39 Å². The molecule has 4 nitrogen and oxygen atoms in total. The molecule has 1 aliphatic heterocycles. The number of Topliss-reactive ketones (excluding diaryl/α,β-unsaturated/α-hetero) is 1. The van der Waals surface area contributed by atoms with E-state index in [1.54, 1.807) is 0 Å². The van der Waals surface area contributed by atoms with Gasteiger partial charge in [-0.15, -0.1) is 0 Å². The molecular formula is C12H13FO4. The van der Waals surface area contributed by atoms with Gasteiger partial charge in [-0.3, -0.25) is 4.79 Å². The van der Waals surface area contributed by atoms with Crippen molar-refractivity contribution in [2.75, 3.05) is 19.8 Å².